The Morgan fingerprint density at radius 3 is 2.31 bits per heavy atom. The van der Waals surface area contributed by atoms with Crippen molar-refractivity contribution in [2.24, 2.45) is 11.7 Å². The number of carbonyl (C=O) groups is 2. The van der Waals surface area contributed by atoms with Crippen molar-refractivity contribution in [2.45, 2.75) is 38.8 Å². The highest BCUT2D eigenvalue weighted by Gasteiger charge is 2.27. The van der Waals surface area contributed by atoms with Gasteiger partial charge >= 0.3 is 5.97 Å². The van der Waals surface area contributed by atoms with E-state index in [2.05, 4.69) is 5.32 Å². The molecule has 0 spiro atoms. The second kappa shape index (κ2) is 7.19. The molecule has 5 N–H and O–H groups in total. The summed E-state index contributed by atoms with van der Waals surface area (Å²) < 4.78 is 0. The summed E-state index contributed by atoms with van der Waals surface area (Å²) in [7, 11) is 0. The second-order valence-electron chi connectivity index (χ2n) is 3.79. The number of hydrogen-bond acceptors (Lipinski definition) is 4. The third-order valence-electron chi connectivity index (χ3n) is 2.34. The average molecular weight is 232 g/mol. The van der Waals surface area contributed by atoms with Crippen molar-refractivity contribution in [3.05, 3.63) is 0 Å². The van der Waals surface area contributed by atoms with E-state index in [0.29, 0.717) is 6.42 Å². The van der Waals surface area contributed by atoms with E-state index < -0.39 is 29.9 Å². The van der Waals surface area contributed by atoms with E-state index >= 15 is 0 Å². The van der Waals surface area contributed by atoms with Gasteiger partial charge in [-0.3, -0.25) is 4.79 Å². The Kier molecular flexibility index (Phi) is 6.67. The van der Waals surface area contributed by atoms with E-state index in [0.717, 1.165) is 6.42 Å². The number of nitrogens with two attached hydrogens (primary N) is 1. The predicted molar refractivity (Wildman–Crippen MR) is 58.7 cm³/mol. The molecule has 0 rings (SSSR count). The maximum Gasteiger partial charge on any atom is 0.328 e. The lowest BCUT2D eigenvalue weighted by molar-refractivity contribution is -0.145. The maximum atomic E-state index is 11.6. The van der Waals surface area contributed by atoms with E-state index in [1.54, 1.807) is 0 Å². The minimum atomic E-state index is -1.28. The van der Waals surface area contributed by atoms with Crippen molar-refractivity contribution in [2.75, 3.05) is 6.54 Å². The number of nitrogens with one attached hydrogen (secondary N) is 1. The molecule has 6 nitrogen and oxygen atoms in total. The first-order chi connectivity index (χ1) is 7.43. The minimum Gasteiger partial charge on any atom is -0.480 e. The van der Waals surface area contributed by atoms with Gasteiger partial charge in [-0.2, -0.15) is 0 Å². The summed E-state index contributed by atoms with van der Waals surface area (Å²) in [5.41, 5.74) is 5.42. The van der Waals surface area contributed by atoms with Crippen molar-refractivity contribution in [3.63, 3.8) is 0 Å². The van der Waals surface area contributed by atoms with Gasteiger partial charge in [0.2, 0.25) is 5.91 Å². The van der Waals surface area contributed by atoms with Gasteiger partial charge < -0.3 is 21.3 Å². The monoisotopic (exact) mass is 232 g/mol. The molecule has 0 radical (unpaired) electrons. The lowest BCUT2D eigenvalue weighted by Gasteiger charge is -2.20. The van der Waals surface area contributed by atoms with Crippen LogP contribution < -0.4 is 11.1 Å². The van der Waals surface area contributed by atoms with Gasteiger partial charge in [-0.25, -0.2) is 4.79 Å². The van der Waals surface area contributed by atoms with Gasteiger partial charge in [0.25, 0.3) is 0 Å². The third kappa shape index (κ3) is 4.59. The van der Waals surface area contributed by atoms with Crippen LogP contribution >= 0.6 is 0 Å². The molecule has 3 unspecified atom stereocenters. The number of aliphatic hydroxyl groups is 1. The van der Waals surface area contributed by atoms with Crippen molar-refractivity contribution < 1.29 is 19.8 Å². The van der Waals surface area contributed by atoms with Crippen molar-refractivity contribution in [1.82, 2.24) is 5.32 Å². The van der Waals surface area contributed by atoms with Crippen LogP contribution in [0.1, 0.15) is 26.7 Å². The molecule has 0 aromatic carbocycles. The second-order valence-corrected chi connectivity index (χ2v) is 3.79. The highest BCUT2D eigenvalue weighted by Crippen LogP contribution is 2.05. The normalized spacial score (nSPS) is 16.2. The molecule has 0 heterocycles. The number of hydrogen-bond donors (Lipinski definition) is 4. The number of carbonyl (C=O) groups excluding carboxylic acids is 1. The Bertz CT molecular complexity index is 243. The number of carboxylic acid groups (broad SMARTS) is 1. The van der Waals surface area contributed by atoms with Crippen LogP contribution in [0.5, 0.6) is 0 Å². The number of amides is 1. The highest BCUT2D eigenvalue weighted by atomic mass is 16.4. The summed E-state index contributed by atoms with van der Waals surface area (Å²) in [4.78, 5) is 22.4. The Balaban J connectivity index is 4.43. The number of carboxylic acids is 1. The molecule has 3 atom stereocenters. The van der Waals surface area contributed by atoms with Gasteiger partial charge in [0, 0.05) is 6.54 Å². The van der Waals surface area contributed by atoms with Crippen LogP contribution in [-0.4, -0.2) is 40.8 Å². The van der Waals surface area contributed by atoms with E-state index in [9.17, 15) is 14.7 Å². The Labute approximate surface area is 94.8 Å². The molecule has 0 aliphatic carbocycles. The molecule has 1 amide bonds. The fourth-order valence-electron chi connectivity index (χ4n) is 1.36. The molecule has 0 aliphatic rings. The summed E-state index contributed by atoms with van der Waals surface area (Å²) in [5.74, 6) is -2.07. The quantitative estimate of drug-likeness (QED) is 0.464. The summed E-state index contributed by atoms with van der Waals surface area (Å²) in [5, 5.41) is 20.2. The maximum absolute atomic E-state index is 11.6. The molecule has 94 valence electrons. The first kappa shape index (κ1) is 14.9. The molecule has 0 saturated carbocycles. The molecule has 0 fully saturated rings. The lowest BCUT2D eigenvalue weighted by atomic mass is 10.0. The van der Waals surface area contributed by atoms with E-state index in [1.165, 1.54) is 6.92 Å². The molecule has 16 heavy (non-hydrogen) atoms. The molecule has 0 bridgehead atoms. The van der Waals surface area contributed by atoms with Gasteiger partial charge in [0.1, 0.15) is 0 Å². The zero-order chi connectivity index (χ0) is 12.7. The lowest BCUT2D eigenvalue weighted by Crippen LogP contribution is -2.50. The van der Waals surface area contributed by atoms with Crippen molar-refractivity contribution >= 4 is 11.9 Å². The largest absolute Gasteiger partial charge is 0.480 e. The van der Waals surface area contributed by atoms with Crippen LogP contribution in [0.4, 0.5) is 0 Å². The predicted octanol–water partition coefficient (Wildman–Crippen LogP) is -0.688. The molecule has 6 heteroatoms. The molecule has 0 aromatic rings. The number of aliphatic carboxylic acids is 1. The first-order valence-electron chi connectivity index (χ1n) is 5.35. The smallest absolute Gasteiger partial charge is 0.328 e. The highest BCUT2D eigenvalue weighted by molar-refractivity contribution is 5.85. The minimum absolute atomic E-state index is 0.172. The summed E-state index contributed by atoms with van der Waals surface area (Å²) >= 11 is 0. The van der Waals surface area contributed by atoms with Crippen LogP contribution in [0.3, 0.4) is 0 Å². The van der Waals surface area contributed by atoms with E-state index in [1.807, 2.05) is 6.92 Å². The van der Waals surface area contributed by atoms with E-state index in [-0.39, 0.29) is 6.54 Å². The van der Waals surface area contributed by atoms with Crippen LogP contribution in [0.2, 0.25) is 0 Å². The fourth-order valence-corrected chi connectivity index (χ4v) is 1.36. The fraction of sp³-hybridized carbons (Fsp3) is 0.800. The number of rotatable bonds is 7. The first-order valence-corrected chi connectivity index (χ1v) is 5.35. The van der Waals surface area contributed by atoms with Crippen molar-refractivity contribution in [3.8, 4) is 0 Å². The van der Waals surface area contributed by atoms with Crippen LogP contribution in [-0.2, 0) is 9.59 Å². The van der Waals surface area contributed by atoms with Gasteiger partial charge in [-0.15, -0.1) is 0 Å². The summed E-state index contributed by atoms with van der Waals surface area (Å²) in [6, 6.07) is -1.28. The molecular weight excluding hydrogens is 212 g/mol. The van der Waals surface area contributed by atoms with Crippen LogP contribution in [0.15, 0.2) is 0 Å². The third-order valence-corrected chi connectivity index (χ3v) is 2.34. The van der Waals surface area contributed by atoms with Gasteiger partial charge in [0.15, 0.2) is 6.04 Å². The van der Waals surface area contributed by atoms with Gasteiger partial charge in [-0.05, 0) is 13.3 Å². The Morgan fingerprint density at radius 2 is 2.00 bits per heavy atom. The van der Waals surface area contributed by atoms with Gasteiger partial charge in [-0.1, -0.05) is 13.3 Å². The Morgan fingerprint density at radius 1 is 1.44 bits per heavy atom. The Hall–Kier alpha value is -1.14. The molecule has 0 aromatic heterocycles. The van der Waals surface area contributed by atoms with Gasteiger partial charge in [0.05, 0.1) is 12.0 Å². The summed E-state index contributed by atoms with van der Waals surface area (Å²) in [6.07, 6.45) is 0.261. The summed E-state index contributed by atoms with van der Waals surface area (Å²) in [6.45, 7) is 3.40. The average Bonchev–Trinajstić information content (AvgIpc) is 2.21. The SMILES string of the molecule is CCCC(CN)C(=O)NC(C(=O)O)C(C)O. The molecule has 0 saturated heterocycles. The van der Waals surface area contributed by atoms with Crippen LogP contribution in [0.25, 0.3) is 0 Å². The number of aliphatic hydroxyl groups excluding tert-OH is 1. The molecule has 0 aliphatic heterocycles. The topological polar surface area (TPSA) is 113 Å². The van der Waals surface area contributed by atoms with Crippen LogP contribution in [0, 0.1) is 5.92 Å². The standard InChI is InChI=1S/C10H20N2O4/c1-3-4-7(5-11)9(14)12-8(6(2)13)10(15)16/h6-8,13H,3-5,11H2,1-2H3,(H,12,14)(H,15,16). The zero-order valence-electron chi connectivity index (χ0n) is 9.64. The zero-order valence-corrected chi connectivity index (χ0v) is 9.64. The molecular formula is C10H20N2O4. The van der Waals surface area contributed by atoms with E-state index in [4.69, 9.17) is 10.8 Å². The van der Waals surface area contributed by atoms with Crippen molar-refractivity contribution in [1.29, 1.82) is 0 Å².